The lowest BCUT2D eigenvalue weighted by Gasteiger charge is -2.32. The summed E-state index contributed by atoms with van der Waals surface area (Å²) in [5.74, 6) is 1.97. The van der Waals surface area contributed by atoms with Gasteiger partial charge in [-0.3, -0.25) is 9.36 Å². The Morgan fingerprint density at radius 1 is 1.23 bits per heavy atom. The van der Waals surface area contributed by atoms with Crippen molar-refractivity contribution in [1.29, 1.82) is 0 Å². The summed E-state index contributed by atoms with van der Waals surface area (Å²) in [4.78, 5) is 22.5. The molecule has 0 heterocycles. The van der Waals surface area contributed by atoms with Gasteiger partial charge in [0, 0.05) is 18.9 Å². The molecule has 1 amide bonds. The molecule has 2 saturated carbocycles. The summed E-state index contributed by atoms with van der Waals surface area (Å²) in [7, 11) is -2.90. The third-order valence-corrected chi connectivity index (χ3v) is 8.59. The molecule has 3 aliphatic rings. The van der Waals surface area contributed by atoms with Crippen LogP contribution in [0.2, 0.25) is 0 Å². The molecule has 2 bridgehead atoms. The van der Waals surface area contributed by atoms with Crippen LogP contribution >= 0.6 is 7.37 Å². The number of benzene rings is 1. The number of hydrogen-bond acceptors (Lipinski definition) is 3. The first-order valence-corrected chi connectivity index (χ1v) is 13.7. The smallest absolute Gasteiger partial charge is 0.227 e. The van der Waals surface area contributed by atoms with Crippen LogP contribution in [-0.2, 0) is 15.8 Å². The van der Waals surface area contributed by atoms with E-state index in [1.807, 2.05) is 6.07 Å². The Morgan fingerprint density at radius 3 is 2.83 bits per heavy atom. The predicted molar refractivity (Wildman–Crippen MR) is 119 cm³/mol. The van der Waals surface area contributed by atoms with Crippen LogP contribution in [0.25, 0.3) is 0 Å². The molecule has 6 atom stereocenters. The van der Waals surface area contributed by atoms with Gasteiger partial charge in [0.15, 0.2) is 7.37 Å². The van der Waals surface area contributed by atoms with Gasteiger partial charge in [-0.2, -0.15) is 0 Å². The van der Waals surface area contributed by atoms with Crippen LogP contribution < -0.4 is 5.32 Å². The van der Waals surface area contributed by atoms with Gasteiger partial charge in [-0.05, 0) is 92.4 Å². The number of rotatable bonds is 8. The maximum absolute atomic E-state index is 13.1. The minimum Gasteiger partial charge on any atom is -0.508 e. The molecule has 0 aromatic heterocycles. The third kappa shape index (κ3) is 4.84. The molecule has 164 valence electrons. The standard InChI is InChI=1S/C24H34NO4P/c1-30(28,29)13-5-3-2-4-6-20-17-7-8-18(14-17)23(20)25-24(27)21-12-10-16-9-11-19(26)15-22(16)21/h2,4,9,11,15,17-18,20-21,23,26H,3,5-8,10,12-14H2,1H3,(H,25,27)(H,28,29)/b4-2-/t17-,18+,20?,21?,23?/m0/s1. The predicted octanol–water partition coefficient (Wildman–Crippen LogP) is 4.58. The summed E-state index contributed by atoms with van der Waals surface area (Å²) in [6.07, 6.45) is 12.7. The molecule has 4 unspecified atom stereocenters. The van der Waals surface area contributed by atoms with Gasteiger partial charge in [0.1, 0.15) is 5.75 Å². The van der Waals surface area contributed by atoms with Gasteiger partial charge in [-0.15, -0.1) is 0 Å². The number of aryl methyl sites for hydroxylation is 1. The van der Waals surface area contributed by atoms with Gasteiger partial charge >= 0.3 is 0 Å². The molecule has 5 nitrogen and oxygen atoms in total. The molecule has 0 aliphatic heterocycles. The molecule has 0 saturated heterocycles. The fraction of sp³-hybridized carbons (Fsp3) is 0.625. The first kappa shape index (κ1) is 21.6. The van der Waals surface area contributed by atoms with Crippen LogP contribution in [0.3, 0.4) is 0 Å². The van der Waals surface area contributed by atoms with E-state index >= 15 is 0 Å². The highest BCUT2D eigenvalue weighted by Crippen LogP contribution is 2.50. The summed E-state index contributed by atoms with van der Waals surface area (Å²) >= 11 is 0. The van der Waals surface area contributed by atoms with Crippen molar-refractivity contribution in [2.75, 3.05) is 12.8 Å². The zero-order chi connectivity index (χ0) is 21.3. The molecule has 4 rings (SSSR count). The van der Waals surface area contributed by atoms with Crippen LogP contribution in [0.15, 0.2) is 30.4 Å². The van der Waals surface area contributed by atoms with Crippen molar-refractivity contribution in [3.05, 3.63) is 41.5 Å². The summed E-state index contributed by atoms with van der Waals surface area (Å²) < 4.78 is 11.4. The van der Waals surface area contributed by atoms with Gasteiger partial charge in [0.05, 0.1) is 5.92 Å². The first-order valence-electron chi connectivity index (χ1n) is 11.4. The molecule has 0 spiro atoms. The van der Waals surface area contributed by atoms with Crippen molar-refractivity contribution in [2.45, 2.75) is 63.3 Å². The Morgan fingerprint density at radius 2 is 2.03 bits per heavy atom. The lowest BCUT2D eigenvalue weighted by Crippen LogP contribution is -2.45. The van der Waals surface area contributed by atoms with Crippen molar-refractivity contribution < 1.29 is 19.4 Å². The average molecular weight is 432 g/mol. The van der Waals surface area contributed by atoms with Crippen molar-refractivity contribution in [3.8, 4) is 5.75 Å². The number of allylic oxidation sites excluding steroid dienone is 2. The van der Waals surface area contributed by atoms with E-state index in [-0.39, 0.29) is 23.6 Å². The Hall–Kier alpha value is -1.58. The van der Waals surface area contributed by atoms with Crippen molar-refractivity contribution in [1.82, 2.24) is 5.32 Å². The Balaban J connectivity index is 1.34. The molecule has 30 heavy (non-hydrogen) atoms. The highest BCUT2D eigenvalue weighted by atomic mass is 31.2. The van der Waals surface area contributed by atoms with Crippen LogP contribution in [0.4, 0.5) is 0 Å². The average Bonchev–Trinajstić information content (AvgIpc) is 3.38. The van der Waals surface area contributed by atoms with Crippen molar-refractivity contribution in [2.24, 2.45) is 17.8 Å². The Bertz CT molecular complexity index is 861. The monoisotopic (exact) mass is 431 g/mol. The molecule has 3 aliphatic carbocycles. The first-order chi connectivity index (χ1) is 14.3. The number of amides is 1. The van der Waals surface area contributed by atoms with Gasteiger partial charge in [0.25, 0.3) is 0 Å². The lowest BCUT2D eigenvalue weighted by atomic mass is 9.81. The second-order valence-electron chi connectivity index (χ2n) is 9.63. The number of carbonyl (C=O) groups excluding carboxylic acids is 1. The molecule has 3 N–H and O–H groups in total. The molecule has 1 aromatic carbocycles. The van der Waals surface area contributed by atoms with E-state index in [2.05, 4.69) is 17.5 Å². The number of fused-ring (bicyclic) bond motifs is 3. The van der Waals surface area contributed by atoms with Gasteiger partial charge in [-0.25, -0.2) is 0 Å². The van der Waals surface area contributed by atoms with Crippen LogP contribution in [-0.4, -0.2) is 34.8 Å². The van der Waals surface area contributed by atoms with Gasteiger partial charge in [0.2, 0.25) is 5.91 Å². The Labute approximate surface area is 179 Å². The minimum atomic E-state index is -2.90. The highest BCUT2D eigenvalue weighted by molar-refractivity contribution is 7.57. The van der Waals surface area contributed by atoms with E-state index in [0.29, 0.717) is 23.9 Å². The minimum absolute atomic E-state index is 0.118. The number of aromatic hydroxyl groups is 1. The molecular formula is C24H34NO4P. The van der Waals surface area contributed by atoms with E-state index in [1.165, 1.54) is 31.5 Å². The Kier molecular flexibility index (Phi) is 6.41. The second-order valence-corrected chi connectivity index (χ2v) is 12.2. The number of carbonyl (C=O) groups is 1. The van der Waals surface area contributed by atoms with E-state index in [1.54, 1.807) is 12.1 Å². The number of phenolic OH excluding ortho intramolecular Hbond substituents is 1. The second kappa shape index (κ2) is 8.88. The number of unbranched alkanes of at least 4 members (excludes halogenated alkanes) is 1. The van der Waals surface area contributed by atoms with Crippen molar-refractivity contribution in [3.63, 3.8) is 0 Å². The molecular weight excluding hydrogens is 397 g/mol. The van der Waals surface area contributed by atoms with Crippen LogP contribution in [0.5, 0.6) is 5.75 Å². The largest absolute Gasteiger partial charge is 0.508 e. The molecule has 6 heteroatoms. The maximum atomic E-state index is 13.1. The number of nitrogens with one attached hydrogen (secondary N) is 1. The van der Waals surface area contributed by atoms with E-state index in [9.17, 15) is 19.4 Å². The maximum Gasteiger partial charge on any atom is 0.227 e. The number of phenols is 1. The van der Waals surface area contributed by atoms with Crippen molar-refractivity contribution >= 4 is 13.3 Å². The van der Waals surface area contributed by atoms with Gasteiger partial charge < -0.3 is 15.3 Å². The SMILES string of the molecule is CP(=O)(O)CCC/C=C\CC1C(NC(=O)C2CCc3ccc(O)cc32)[C@@H]2CC[C@H]1C2. The van der Waals surface area contributed by atoms with Crippen LogP contribution in [0.1, 0.15) is 62.0 Å². The summed E-state index contributed by atoms with van der Waals surface area (Å²) in [6, 6.07) is 5.65. The third-order valence-electron chi connectivity index (χ3n) is 7.44. The highest BCUT2D eigenvalue weighted by Gasteiger charge is 2.48. The summed E-state index contributed by atoms with van der Waals surface area (Å²) in [5, 5.41) is 13.3. The zero-order valence-corrected chi connectivity index (χ0v) is 18.7. The van der Waals surface area contributed by atoms with E-state index in [4.69, 9.17) is 0 Å². The molecule has 2 fully saturated rings. The fourth-order valence-electron chi connectivity index (χ4n) is 5.98. The number of hydrogen-bond donors (Lipinski definition) is 3. The summed E-state index contributed by atoms with van der Waals surface area (Å²) in [6.45, 7) is 1.42. The lowest BCUT2D eigenvalue weighted by molar-refractivity contribution is -0.124. The van der Waals surface area contributed by atoms with Gasteiger partial charge in [-0.1, -0.05) is 18.2 Å². The van der Waals surface area contributed by atoms with Crippen LogP contribution in [0, 0.1) is 17.8 Å². The van der Waals surface area contributed by atoms with E-state index < -0.39 is 7.37 Å². The van der Waals surface area contributed by atoms with E-state index in [0.717, 1.165) is 37.7 Å². The fourth-order valence-corrected chi connectivity index (χ4v) is 6.74. The molecule has 1 aromatic rings. The normalized spacial score (nSPS) is 31.7. The molecule has 0 radical (unpaired) electrons. The zero-order valence-electron chi connectivity index (χ0n) is 17.8. The quantitative estimate of drug-likeness (QED) is 0.319. The summed E-state index contributed by atoms with van der Waals surface area (Å²) in [5.41, 5.74) is 2.17. The topological polar surface area (TPSA) is 86.6 Å².